The first-order valence-corrected chi connectivity index (χ1v) is 3.73. The van der Waals surface area contributed by atoms with Gasteiger partial charge in [-0.05, 0) is 19.9 Å². The maximum absolute atomic E-state index is 11.1. The lowest BCUT2D eigenvalue weighted by molar-refractivity contribution is -0.136. The maximum Gasteiger partial charge on any atom is 0.334 e. The van der Waals surface area contributed by atoms with E-state index in [1.54, 1.807) is 0 Å². The van der Waals surface area contributed by atoms with Gasteiger partial charge in [-0.3, -0.25) is 0 Å². The summed E-state index contributed by atoms with van der Waals surface area (Å²) in [5.41, 5.74) is 1.94. The highest BCUT2D eigenvalue weighted by Gasteiger charge is 2.15. The summed E-state index contributed by atoms with van der Waals surface area (Å²) in [5, 5.41) is 3.12. The predicted octanol–water partition coefficient (Wildman–Crippen LogP) is 0.469. The van der Waals surface area contributed by atoms with Crippen LogP contribution in [0.3, 0.4) is 0 Å². The first-order valence-electron chi connectivity index (χ1n) is 3.73. The molecule has 0 aromatic carbocycles. The number of methoxy groups -OCH3 is 1. The smallest absolute Gasteiger partial charge is 0.334 e. The molecule has 1 aliphatic heterocycles. The summed E-state index contributed by atoms with van der Waals surface area (Å²) in [6.45, 7) is 3.60. The van der Waals surface area contributed by atoms with Crippen LogP contribution in [0.1, 0.15) is 13.3 Å². The van der Waals surface area contributed by atoms with E-state index in [0.29, 0.717) is 6.54 Å². The Morgan fingerprint density at radius 2 is 2.36 bits per heavy atom. The molecular weight excluding hydrogens is 142 g/mol. The van der Waals surface area contributed by atoms with Gasteiger partial charge in [-0.1, -0.05) is 5.57 Å². The third-order valence-corrected chi connectivity index (χ3v) is 1.93. The van der Waals surface area contributed by atoms with Crippen molar-refractivity contribution in [1.29, 1.82) is 0 Å². The summed E-state index contributed by atoms with van der Waals surface area (Å²) < 4.78 is 4.62. The largest absolute Gasteiger partial charge is 0.466 e. The Bertz CT molecular complexity index is 196. The fraction of sp³-hybridized carbons (Fsp3) is 0.625. The number of hydrogen-bond donors (Lipinski definition) is 1. The zero-order chi connectivity index (χ0) is 8.27. The molecule has 0 spiro atoms. The first kappa shape index (κ1) is 8.27. The van der Waals surface area contributed by atoms with Gasteiger partial charge in [0.25, 0.3) is 0 Å². The van der Waals surface area contributed by atoms with Gasteiger partial charge in [0.15, 0.2) is 0 Å². The van der Waals surface area contributed by atoms with Gasteiger partial charge in [-0.15, -0.1) is 0 Å². The van der Waals surface area contributed by atoms with Crippen molar-refractivity contribution in [1.82, 2.24) is 5.32 Å². The van der Waals surface area contributed by atoms with Crippen LogP contribution >= 0.6 is 0 Å². The lowest BCUT2D eigenvalue weighted by Gasteiger charge is -2.16. The number of ether oxygens (including phenoxy) is 1. The average molecular weight is 155 g/mol. The second-order valence-electron chi connectivity index (χ2n) is 2.68. The molecule has 0 aliphatic carbocycles. The van der Waals surface area contributed by atoms with E-state index >= 15 is 0 Å². The molecule has 1 N–H and O–H groups in total. The molecule has 0 saturated heterocycles. The van der Waals surface area contributed by atoms with Crippen LogP contribution in [0.5, 0.6) is 0 Å². The third kappa shape index (κ3) is 1.80. The van der Waals surface area contributed by atoms with Crippen molar-refractivity contribution in [2.24, 2.45) is 0 Å². The molecule has 0 unspecified atom stereocenters. The van der Waals surface area contributed by atoms with E-state index in [-0.39, 0.29) is 5.97 Å². The highest BCUT2D eigenvalue weighted by Crippen LogP contribution is 2.12. The molecule has 3 heteroatoms. The van der Waals surface area contributed by atoms with Crippen molar-refractivity contribution in [3.05, 3.63) is 11.1 Å². The Labute approximate surface area is 66.4 Å². The van der Waals surface area contributed by atoms with Crippen LogP contribution < -0.4 is 5.32 Å². The molecule has 1 rings (SSSR count). The molecule has 3 nitrogen and oxygen atoms in total. The zero-order valence-corrected chi connectivity index (χ0v) is 6.94. The Hall–Kier alpha value is -0.830. The SMILES string of the molecule is COC(=O)C1=C(C)CCNC1. The Morgan fingerprint density at radius 3 is 2.91 bits per heavy atom. The molecule has 0 aromatic rings. The highest BCUT2D eigenvalue weighted by molar-refractivity contribution is 5.89. The lowest BCUT2D eigenvalue weighted by Crippen LogP contribution is -2.28. The molecule has 0 fully saturated rings. The minimum absolute atomic E-state index is 0.199. The normalized spacial score (nSPS) is 18.4. The number of rotatable bonds is 1. The third-order valence-electron chi connectivity index (χ3n) is 1.93. The fourth-order valence-electron chi connectivity index (χ4n) is 1.16. The minimum Gasteiger partial charge on any atom is -0.466 e. The predicted molar refractivity (Wildman–Crippen MR) is 42.2 cm³/mol. The number of nitrogens with one attached hydrogen (secondary N) is 1. The van der Waals surface area contributed by atoms with Gasteiger partial charge in [-0.25, -0.2) is 4.79 Å². The van der Waals surface area contributed by atoms with Gasteiger partial charge in [0.1, 0.15) is 0 Å². The van der Waals surface area contributed by atoms with E-state index < -0.39 is 0 Å². The lowest BCUT2D eigenvalue weighted by atomic mass is 10.0. The van der Waals surface area contributed by atoms with Gasteiger partial charge in [0, 0.05) is 12.1 Å². The van der Waals surface area contributed by atoms with E-state index in [4.69, 9.17) is 0 Å². The Morgan fingerprint density at radius 1 is 1.64 bits per heavy atom. The van der Waals surface area contributed by atoms with E-state index in [9.17, 15) is 4.79 Å². The summed E-state index contributed by atoms with van der Waals surface area (Å²) in [6, 6.07) is 0. The molecule has 1 aliphatic rings. The van der Waals surface area contributed by atoms with Crippen molar-refractivity contribution in [3.63, 3.8) is 0 Å². The quantitative estimate of drug-likeness (QED) is 0.559. The van der Waals surface area contributed by atoms with E-state index in [0.717, 1.165) is 24.1 Å². The van der Waals surface area contributed by atoms with Gasteiger partial charge >= 0.3 is 5.97 Å². The van der Waals surface area contributed by atoms with Crippen LogP contribution in [0.2, 0.25) is 0 Å². The summed E-state index contributed by atoms with van der Waals surface area (Å²) in [7, 11) is 1.41. The molecule has 0 atom stereocenters. The molecular formula is C8H13NO2. The number of hydrogen-bond acceptors (Lipinski definition) is 3. The standard InChI is InChI=1S/C8H13NO2/c1-6-3-4-9-5-7(6)8(10)11-2/h9H,3-5H2,1-2H3. The second-order valence-corrected chi connectivity index (χ2v) is 2.68. The summed E-state index contributed by atoms with van der Waals surface area (Å²) >= 11 is 0. The first-order chi connectivity index (χ1) is 5.25. The average Bonchev–Trinajstić information content (AvgIpc) is 2.04. The van der Waals surface area contributed by atoms with Crippen LogP contribution in [0.4, 0.5) is 0 Å². The maximum atomic E-state index is 11.1. The molecule has 11 heavy (non-hydrogen) atoms. The molecule has 0 bridgehead atoms. The summed E-state index contributed by atoms with van der Waals surface area (Å²) in [6.07, 6.45) is 0.949. The van der Waals surface area contributed by atoms with Crippen molar-refractivity contribution in [3.8, 4) is 0 Å². The number of carbonyl (C=O) groups is 1. The fourth-order valence-corrected chi connectivity index (χ4v) is 1.16. The van der Waals surface area contributed by atoms with Gasteiger partial charge < -0.3 is 10.1 Å². The minimum atomic E-state index is -0.199. The molecule has 0 amide bonds. The van der Waals surface area contributed by atoms with Gasteiger partial charge in [0.2, 0.25) is 0 Å². The van der Waals surface area contributed by atoms with Crippen LogP contribution in [-0.2, 0) is 9.53 Å². The topological polar surface area (TPSA) is 38.3 Å². The molecule has 0 aromatic heterocycles. The molecule has 0 saturated carbocycles. The monoisotopic (exact) mass is 155 g/mol. The van der Waals surface area contributed by atoms with Crippen LogP contribution in [-0.4, -0.2) is 26.2 Å². The number of carbonyl (C=O) groups excluding carboxylic acids is 1. The highest BCUT2D eigenvalue weighted by atomic mass is 16.5. The van der Waals surface area contributed by atoms with Crippen LogP contribution in [0, 0.1) is 0 Å². The van der Waals surface area contributed by atoms with Crippen molar-refractivity contribution < 1.29 is 9.53 Å². The second kappa shape index (κ2) is 3.53. The molecule has 0 radical (unpaired) electrons. The van der Waals surface area contributed by atoms with Crippen molar-refractivity contribution in [2.75, 3.05) is 20.2 Å². The van der Waals surface area contributed by atoms with Crippen molar-refractivity contribution >= 4 is 5.97 Å². The van der Waals surface area contributed by atoms with Crippen LogP contribution in [0.15, 0.2) is 11.1 Å². The van der Waals surface area contributed by atoms with E-state index in [1.165, 1.54) is 7.11 Å². The molecule has 1 heterocycles. The number of esters is 1. The van der Waals surface area contributed by atoms with E-state index in [1.807, 2.05) is 6.92 Å². The summed E-state index contributed by atoms with van der Waals surface area (Å²) in [5.74, 6) is -0.199. The van der Waals surface area contributed by atoms with Gasteiger partial charge in [-0.2, -0.15) is 0 Å². The Balaban J connectivity index is 2.74. The van der Waals surface area contributed by atoms with Crippen LogP contribution in [0.25, 0.3) is 0 Å². The Kier molecular flexibility index (Phi) is 2.65. The van der Waals surface area contributed by atoms with E-state index in [2.05, 4.69) is 10.1 Å². The summed E-state index contributed by atoms with van der Waals surface area (Å²) in [4.78, 5) is 11.1. The molecule has 62 valence electrons. The zero-order valence-electron chi connectivity index (χ0n) is 6.94. The van der Waals surface area contributed by atoms with Gasteiger partial charge in [0.05, 0.1) is 7.11 Å². The van der Waals surface area contributed by atoms with Crippen molar-refractivity contribution in [2.45, 2.75) is 13.3 Å².